The van der Waals surface area contributed by atoms with Gasteiger partial charge in [0.05, 0.1) is 5.66 Å². The van der Waals surface area contributed by atoms with Crippen LogP contribution in [0.4, 0.5) is 0 Å². The molecule has 0 fully saturated rings. The van der Waals surface area contributed by atoms with E-state index in [2.05, 4.69) is 5.32 Å². The van der Waals surface area contributed by atoms with Crippen LogP contribution in [0.3, 0.4) is 0 Å². The van der Waals surface area contributed by atoms with Gasteiger partial charge in [0.25, 0.3) is 0 Å². The van der Waals surface area contributed by atoms with Crippen molar-refractivity contribution in [3.05, 3.63) is 0 Å². The molecule has 0 aromatic heterocycles. The third-order valence-electron chi connectivity index (χ3n) is 0.431. The fourth-order valence-electron chi connectivity index (χ4n) is 0.152. The van der Waals surface area contributed by atoms with Crippen LogP contribution in [0.25, 0.3) is 0 Å². The molecule has 0 radical (unpaired) electrons. The minimum atomic E-state index is -0.568. The maximum absolute atomic E-state index is 9.63. The molecule has 0 unspecified atom stereocenters. The molecule has 3 N–H and O–H groups in total. The summed E-state index contributed by atoms with van der Waals surface area (Å²) in [6, 6.07) is 0. The first-order valence-corrected chi connectivity index (χ1v) is 2.06. The zero-order valence-electron chi connectivity index (χ0n) is 4.56. The van der Waals surface area contributed by atoms with E-state index in [-0.39, 0.29) is 0 Å². The smallest absolute Gasteiger partial charge is 0.208 e. The zero-order chi connectivity index (χ0) is 5.91. The molecule has 3 nitrogen and oxygen atoms in total. The van der Waals surface area contributed by atoms with Gasteiger partial charge in [-0.2, -0.15) is 0 Å². The molecule has 42 valence electrons. The molecule has 0 atom stereocenters. The summed E-state index contributed by atoms with van der Waals surface area (Å²) in [6.45, 7) is 3.42. The van der Waals surface area contributed by atoms with Crippen molar-refractivity contribution in [2.45, 2.75) is 19.5 Å². The van der Waals surface area contributed by atoms with Gasteiger partial charge in [-0.25, -0.2) is 0 Å². The number of amides is 1. The highest BCUT2D eigenvalue weighted by Gasteiger charge is 2.04. The summed E-state index contributed by atoms with van der Waals surface area (Å²) in [4.78, 5) is 9.63. The third kappa shape index (κ3) is 5.43. The minimum absolute atomic E-state index is 0.568. The van der Waals surface area contributed by atoms with E-state index in [1.165, 1.54) is 0 Å². The second-order valence-corrected chi connectivity index (χ2v) is 1.98. The van der Waals surface area contributed by atoms with E-state index in [0.29, 0.717) is 6.41 Å². The number of hydrogen-bond acceptors (Lipinski definition) is 2. The molecule has 0 aliphatic heterocycles. The predicted octanol–water partition coefficient (Wildman–Crippen LogP) is -0.573. The van der Waals surface area contributed by atoms with Gasteiger partial charge in [-0.15, -0.1) is 0 Å². The first-order chi connectivity index (χ1) is 3.06. The van der Waals surface area contributed by atoms with Gasteiger partial charge >= 0.3 is 0 Å². The predicted molar refractivity (Wildman–Crippen MR) is 27.5 cm³/mol. The topological polar surface area (TPSA) is 55.1 Å². The lowest BCUT2D eigenvalue weighted by Crippen LogP contribution is -2.46. The molecular formula is C4H10N2O. The molecule has 0 aromatic rings. The van der Waals surface area contributed by atoms with E-state index in [1.807, 2.05) is 0 Å². The molecule has 0 aliphatic carbocycles. The maximum Gasteiger partial charge on any atom is 0.208 e. The van der Waals surface area contributed by atoms with E-state index in [4.69, 9.17) is 5.73 Å². The van der Waals surface area contributed by atoms with Crippen molar-refractivity contribution in [1.82, 2.24) is 5.32 Å². The van der Waals surface area contributed by atoms with E-state index in [0.717, 1.165) is 0 Å². The van der Waals surface area contributed by atoms with Crippen molar-refractivity contribution in [2.75, 3.05) is 0 Å². The van der Waals surface area contributed by atoms with Gasteiger partial charge in [-0.05, 0) is 13.8 Å². The van der Waals surface area contributed by atoms with E-state index >= 15 is 0 Å². The molecule has 0 rings (SSSR count). The first kappa shape index (κ1) is 6.43. The summed E-state index contributed by atoms with van der Waals surface area (Å²) >= 11 is 0. The molecule has 0 bridgehead atoms. The van der Waals surface area contributed by atoms with Crippen molar-refractivity contribution in [2.24, 2.45) is 5.73 Å². The lowest BCUT2D eigenvalue weighted by atomic mass is 10.3. The van der Waals surface area contributed by atoms with Gasteiger partial charge in [0.1, 0.15) is 0 Å². The van der Waals surface area contributed by atoms with Crippen LogP contribution < -0.4 is 11.1 Å². The van der Waals surface area contributed by atoms with Gasteiger partial charge in [-0.3, -0.25) is 4.79 Å². The Balaban J connectivity index is 3.34. The number of rotatable bonds is 2. The Morgan fingerprint density at radius 1 is 1.71 bits per heavy atom. The number of carbonyl (C=O) groups excluding carboxylic acids is 1. The highest BCUT2D eigenvalue weighted by atomic mass is 16.1. The summed E-state index contributed by atoms with van der Waals surface area (Å²) in [7, 11) is 0. The van der Waals surface area contributed by atoms with Crippen LogP contribution in [0, 0.1) is 0 Å². The maximum atomic E-state index is 9.63. The minimum Gasteiger partial charge on any atom is -0.341 e. The number of hydrogen-bond donors (Lipinski definition) is 2. The van der Waals surface area contributed by atoms with Crippen LogP contribution in [0.15, 0.2) is 0 Å². The van der Waals surface area contributed by atoms with Crippen LogP contribution in [0.1, 0.15) is 13.8 Å². The molecule has 0 aliphatic rings. The van der Waals surface area contributed by atoms with E-state index in [1.54, 1.807) is 13.8 Å². The Morgan fingerprint density at radius 3 is 2.14 bits per heavy atom. The molecule has 7 heavy (non-hydrogen) atoms. The number of carbonyl (C=O) groups is 1. The average Bonchev–Trinajstić information content (AvgIpc) is 1.30. The van der Waals surface area contributed by atoms with Crippen molar-refractivity contribution < 1.29 is 4.79 Å². The van der Waals surface area contributed by atoms with Crippen LogP contribution in [0.5, 0.6) is 0 Å². The fourth-order valence-corrected chi connectivity index (χ4v) is 0.152. The molecule has 0 saturated carbocycles. The lowest BCUT2D eigenvalue weighted by molar-refractivity contribution is -0.110. The van der Waals surface area contributed by atoms with Crippen LogP contribution in [0.2, 0.25) is 0 Å². The largest absolute Gasteiger partial charge is 0.341 e. The van der Waals surface area contributed by atoms with E-state index in [9.17, 15) is 4.79 Å². The van der Waals surface area contributed by atoms with Crippen LogP contribution in [-0.2, 0) is 4.79 Å². The molecule has 1 amide bonds. The second-order valence-electron chi connectivity index (χ2n) is 1.98. The molecule has 0 heterocycles. The number of nitrogens with one attached hydrogen (secondary N) is 1. The van der Waals surface area contributed by atoms with Crippen LogP contribution in [-0.4, -0.2) is 12.1 Å². The van der Waals surface area contributed by atoms with Gasteiger partial charge in [0.15, 0.2) is 0 Å². The first-order valence-electron chi connectivity index (χ1n) is 2.06. The Bertz CT molecular complexity index is 64.6. The Labute approximate surface area is 42.9 Å². The summed E-state index contributed by atoms with van der Waals surface area (Å²) < 4.78 is 0. The standard InChI is InChI=1S/C4H10N2O/c1-4(2,5)6-3-7/h3H,5H2,1-2H3,(H,6,7). The van der Waals surface area contributed by atoms with Gasteiger partial charge in [0, 0.05) is 0 Å². The lowest BCUT2D eigenvalue weighted by Gasteiger charge is -2.15. The van der Waals surface area contributed by atoms with Gasteiger partial charge < -0.3 is 11.1 Å². The van der Waals surface area contributed by atoms with Crippen molar-refractivity contribution >= 4 is 6.41 Å². The Hall–Kier alpha value is -0.570. The monoisotopic (exact) mass is 102 g/mol. The molecular weight excluding hydrogens is 92.1 g/mol. The Kier molecular flexibility index (Phi) is 1.77. The second kappa shape index (κ2) is 1.93. The summed E-state index contributed by atoms with van der Waals surface area (Å²) in [6.07, 6.45) is 0.583. The van der Waals surface area contributed by atoms with E-state index < -0.39 is 5.66 Å². The quantitative estimate of drug-likeness (QED) is 0.362. The highest BCUT2D eigenvalue weighted by molar-refractivity contribution is 5.47. The molecule has 0 spiro atoms. The van der Waals surface area contributed by atoms with Gasteiger partial charge in [-0.1, -0.05) is 0 Å². The summed E-state index contributed by atoms with van der Waals surface area (Å²) in [5, 5.41) is 2.38. The molecule has 0 aromatic carbocycles. The third-order valence-corrected chi connectivity index (χ3v) is 0.431. The van der Waals surface area contributed by atoms with Crippen LogP contribution >= 0.6 is 0 Å². The normalized spacial score (nSPS) is 10.7. The summed E-state index contributed by atoms with van der Waals surface area (Å²) in [5.74, 6) is 0. The number of nitrogens with two attached hydrogens (primary N) is 1. The SMILES string of the molecule is CC(C)(N)NC=O. The fraction of sp³-hybridized carbons (Fsp3) is 0.750. The molecule has 3 heteroatoms. The van der Waals surface area contributed by atoms with Crippen molar-refractivity contribution in [3.8, 4) is 0 Å². The van der Waals surface area contributed by atoms with Gasteiger partial charge in [0.2, 0.25) is 6.41 Å². The highest BCUT2D eigenvalue weighted by Crippen LogP contribution is 1.83. The average molecular weight is 102 g/mol. The molecule has 0 saturated heterocycles. The van der Waals surface area contributed by atoms with Crippen molar-refractivity contribution in [1.29, 1.82) is 0 Å². The van der Waals surface area contributed by atoms with Crippen molar-refractivity contribution in [3.63, 3.8) is 0 Å². The summed E-state index contributed by atoms with van der Waals surface area (Å²) in [5.41, 5.74) is 4.74. The Morgan fingerprint density at radius 2 is 2.14 bits per heavy atom. The zero-order valence-corrected chi connectivity index (χ0v) is 4.56.